The first-order valence-corrected chi connectivity index (χ1v) is 5.81. The van der Waals surface area contributed by atoms with Crippen LogP contribution in [0.15, 0.2) is 41.3 Å². The Labute approximate surface area is 112 Å². The van der Waals surface area contributed by atoms with Gasteiger partial charge in [-0.2, -0.15) is 18.3 Å². The van der Waals surface area contributed by atoms with Crippen molar-refractivity contribution >= 4 is 5.69 Å². The molecule has 1 heterocycles. The molecule has 2 aromatic rings. The zero-order valence-corrected chi connectivity index (χ0v) is 10.6. The van der Waals surface area contributed by atoms with E-state index in [0.717, 1.165) is 16.8 Å². The highest BCUT2D eigenvalue weighted by Crippen LogP contribution is 2.29. The van der Waals surface area contributed by atoms with Crippen molar-refractivity contribution in [3.63, 3.8) is 0 Å². The Bertz CT molecular complexity index is 664. The molecule has 0 saturated heterocycles. The number of benzene rings is 1. The molecule has 106 valence electrons. The quantitative estimate of drug-likeness (QED) is 0.940. The number of hydrogen-bond acceptors (Lipinski definition) is 3. The van der Waals surface area contributed by atoms with Crippen LogP contribution in [-0.2, 0) is 12.7 Å². The summed E-state index contributed by atoms with van der Waals surface area (Å²) in [6.07, 6.45) is -2.96. The summed E-state index contributed by atoms with van der Waals surface area (Å²) in [6, 6.07) is 6.17. The summed E-state index contributed by atoms with van der Waals surface area (Å²) in [4.78, 5) is 11.7. The number of hydrogen-bond donors (Lipinski definition) is 1. The van der Waals surface area contributed by atoms with E-state index in [0.29, 0.717) is 11.3 Å². The van der Waals surface area contributed by atoms with Crippen LogP contribution in [0, 0.1) is 0 Å². The maximum atomic E-state index is 12.6. The molecule has 1 aromatic carbocycles. The second-order valence-corrected chi connectivity index (χ2v) is 4.19. The number of nitrogens with zero attached hydrogens (tertiary/aromatic N) is 2. The molecule has 1 N–H and O–H groups in total. The Morgan fingerprint density at radius 2 is 2.05 bits per heavy atom. The maximum absolute atomic E-state index is 12.6. The van der Waals surface area contributed by atoms with Crippen molar-refractivity contribution in [2.75, 3.05) is 12.4 Å². The number of aromatic nitrogens is 2. The molecule has 0 unspecified atom stereocenters. The van der Waals surface area contributed by atoms with E-state index in [9.17, 15) is 18.0 Å². The summed E-state index contributed by atoms with van der Waals surface area (Å²) in [6.45, 7) is -0.00719. The molecule has 1 aromatic heterocycles. The van der Waals surface area contributed by atoms with Gasteiger partial charge in [-0.25, -0.2) is 4.68 Å². The second-order valence-electron chi connectivity index (χ2n) is 4.19. The highest BCUT2D eigenvalue weighted by molar-refractivity contribution is 5.37. The molecule has 4 nitrogen and oxygen atoms in total. The van der Waals surface area contributed by atoms with E-state index >= 15 is 0 Å². The standard InChI is InChI=1S/C13H12F3N3O/c1-17-11-6-12(20)19(18-7-11)8-9-3-2-4-10(5-9)13(14,15)16/h2-7,17H,8H2,1H3. The van der Waals surface area contributed by atoms with E-state index in [1.54, 1.807) is 7.05 Å². The lowest BCUT2D eigenvalue weighted by molar-refractivity contribution is -0.137. The van der Waals surface area contributed by atoms with Gasteiger partial charge in [0.05, 0.1) is 24.0 Å². The van der Waals surface area contributed by atoms with E-state index in [-0.39, 0.29) is 12.1 Å². The molecule has 0 aliphatic rings. The second kappa shape index (κ2) is 5.36. The van der Waals surface area contributed by atoms with Crippen molar-refractivity contribution in [2.45, 2.75) is 12.7 Å². The topological polar surface area (TPSA) is 46.9 Å². The molecule has 0 spiro atoms. The first-order chi connectivity index (χ1) is 9.40. The number of alkyl halides is 3. The maximum Gasteiger partial charge on any atom is 0.416 e. The lowest BCUT2D eigenvalue weighted by atomic mass is 10.1. The Hall–Kier alpha value is -2.31. The van der Waals surface area contributed by atoms with Gasteiger partial charge in [0.15, 0.2) is 0 Å². The van der Waals surface area contributed by atoms with Gasteiger partial charge in [0.25, 0.3) is 5.56 Å². The predicted octanol–water partition coefficient (Wildman–Crippen LogP) is 2.35. The van der Waals surface area contributed by atoms with Gasteiger partial charge in [0.1, 0.15) is 0 Å². The fourth-order valence-electron chi connectivity index (χ4n) is 1.71. The van der Waals surface area contributed by atoms with E-state index in [2.05, 4.69) is 10.4 Å². The monoisotopic (exact) mass is 283 g/mol. The summed E-state index contributed by atoms with van der Waals surface area (Å²) in [5.74, 6) is 0. The van der Waals surface area contributed by atoms with Crippen LogP contribution in [0.2, 0.25) is 0 Å². The SMILES string of the molecule is CNc1cnn(Cc2cccc(C(F)(F)F)c2)c(=O)c1. The van der Waals surface area contributed by atoms with Gasteiger partial charge in [-0.05, 0) is 17.7 Å². The molecule has 2 rings (SSSR count). The largest absolute Gasteiger partial charge is 0.416 e. The molecule has 0 radical (unpaired) electrons. The Morgan fingerprint density at radius 1 is 1.30 bits per heavy atom. The van der Waals surface area contributed by atoms with Crippen LogP contribution in [0.5, 0.6) is 0 Å². The average molecular weight is 283 g/mol. The van der Waals surface area contributed by atoms with Crippen molar-refractivity contribution in [1.82, 2.24) is 9.78 Å². The van der Waals surface area contributed by atoms with Crippen molar-refractivity contribution in [1.29, 1.82) is 0 Å². The average Bonchev–Trinajstić information content (AvgIpc) is 2.40. The van der Waals surface area contributed by atoms with Crippen LogP contribution in [-0.4, -0.2) is 16.8 Å². The summed E-state index contributed by atoms with van der Waals surface area (Å²) in [7, 11) is 1.65. The van der Waals surface area contributed by atoms with Gasteiger partial charge in [-0.15, -0.1) is 0 Å². The predicted molar refractivity (Wildman–Crippen MR) is 68.6 cm³/mol. The number of anilines is 1. The third kappa shape index (κ3) is 3.17. The first-order valence-electron chi connectivity index (χ1n) is 5.81. The van der Waals surface area contributed by atoms with Crippen molar-refractivity contribution < 1.29 is 13.2 Å². The molecule has 20 heavy (non-hydrogen) atoms. The number of halogens is 3. The van der Waals surface area contributed by atoms with Gasteiger partial charge in [-0.1, -0.05) is 12.1 Å². The molecular formula is C13H12F3N3O. The minimum atomic E-state index is -4.40. The fourth-order valence-corrected chi connectivity index (χ4v) is 1.71. The Morgan fingerprint density at radius 3 is 2.65 bits per heavy atom. The van der Waals surface area contributed by atoms with Crippen LogP contribution in [0.3, 0.4) is 0 Å². The molecule has 0 saturated carbocycles. The zero-order valence-electron chi connectivity index (χ0n) is 10.6. The summed E-state index contributed by atoms with van der Waals surface area (Å²) < 4.78 is 38.9. The molecule has 0 aliphatic heterocycles. The van der Waals surface area contributed by atoms with Crippen LogP contribution >= 0.6 is 0 Å². The molecule has 0 bridgehead atoms. The molecule has 7 heteroatoms. The van der Waals surface area contributed by atoms with Crippen LogP contribution in [0.4, 0.5) is 18.9 Å². The van der Waals surface area contributed by atoms with Gasteiger partial charge in [0.2, 0.25) is 0 Å². The number of rotatable bonds is 3. The minimum absolute atomic E-state index is 0.00719. The van der Waals surface area contributed by atoms with Gasteiger partial charge in [0, 0.05) is 13.1 Å². The highest BCUT2D eigenvalue weighted by atomic mass is 19.4. The lowest BCUT2D eigenvalue weighted by Crippen LogP contribution is -2.23. The first kappa shape index (κ1) is 14.1. The minimum Gasteiger partial charge on any atom is -0.387 e. The molecule has 0 amide bonds. The molecule has 0 atom stereocenters. The smallest absolute Gasteiger partial charge is 0.387 e. The lowest BCUT2D eigenvalue weighted by Gasteiger charge is -2.09. The third-order valence-corrected chi connectivity index (χ3v) is 2.74. The third-order valence-electron chi connectivity index (χ3n) is 2.74. The Balaban J connectivity index is 2.29. The Kier molecular flexibility index (Phi) is 3.78. The zero-order chi connectivity index (χ0) is 14.8. The summed E-state index contributed by atoms with van der Waals surface area (Å²) >= 11 is 0. The van der Waals surface area contributed by atoms with Crippen molar-refractivity contribution in [3.8, 4) is 0 Å². The van der Waals surface area contributed by atoms with Crippen LogP contribution in [0.1, 0.15) is 11.1 Å². The summed E-state index contributed by atoms with van der Waals surface area (Å²) in [5, 5.41) is 6.66. The van der Waals surface area contributed by atoms with Crippen molar-refractivity contribution in [3.05, 3.63) is 58.0 Å². The van der Waals surface area contributed by atoms with Crippen LogP contribution < -0.4 is 10.9 Å². The normalized spacial score (nSPS) is 11.4. The van der Waals surface area contributed by atoms with Gasteiger partial charge < -0.3 is 5.32 Å². The molecule has 0 fully saturated rings. The number of nitrogens with one attached hydrogen (secondary N) is 1. The fraction of sp³-hybridized carbons (Fsp3) is 0.231. The molecule has 0 aliphatic carbocycles. The van der Waals surface area contributed by atoms with Crippen molar-refractivity contribution in [2.24, 2.45) is 0 Å². The van der Waals surface area contributed by atoms with Gasteiger partial charge in [-0.3, -0.25) is 4.79 Å². The van der Waals surface area contributed by atoms with E-state index in [4.69, 9.17) is 0 Å². The van der Waals surface area contributed by atoms with E-state index in [1.165, 1.54) is 24.4 Å². The van der Waals surface area contributed by atoms with E-state index in [1.807, 2.05) is 0 Å². The van der Waals surface area contributed by atoms with Gasteiger partial charge >= 0.3 is 6.18 Å². The molecular weight excluding hydrogens is 271 g/mol. The highest BCUT2D eigenvalue weighted by Gasteiger charge is 2.30. The van der Waals surface area contributed by atoms with Crippen LogP contribution in [0.25, 0.3) is 0 Å². The van der Waals surface area contributed by atoms with E-state index < -0.39 is 11.7 Å². The summed E-state index contributed by atoms with van der Waals surface area (Å²) in [5.41, 5.74) is -0.203.